The van der Waals surface area contributed by atoms with Crippen molar-refractivity contribution in [2.45, 2.75) is 13.3 Å². The van der Waals surface area contributed by atoms with Crippen LogP contribution in [0.15, 0.2) is 72.8 Å². The number of hydrogen-bond acceptors (Lipinski definition) is 5. The van der Waals surface area contributed by atoms with Crippen molar-refractivity contribution in [2.24, 2.45) is 0 Å². The fourth-order valence-corrected chi connectivity index (χ4v) is 2.86. The summed E-state index contributed by atoms with van der Waals surface area (Å²) >= 11 is 0. The van der Waals surface area contributed by atoms with Crippen LogP contribution in [0, 0.1) is 6.92 Å². The SMILES string of the molecule is COc1ccc(C)cc1CC(=O)OCC(=O)Nc1ccccc1Oc1ccccc1. The fraction of sp³-hybridized carbons (Fsp3) is 0.167. The number of carbonyl (C=O) groups excluding carboxylic acids is 2. The van der Waals surface area contributed by atoms with Crippen molar-refractivity contribution in [1.29, 1.82) is 0 Å². The Hall–Kier alpha value is -3.80. The molecular formula is C24H23NO5. The van der Waals surface area contributed by atoms with Gasteiger partial charge in [-0.3, -0.25) is 9.59 Å². The summed E-state index contributed by atoms with van der Waals surface area (Å²) in [5, 5.41) is 2.72. The van der Waals surface area contributed by atoms with Gasteiger partial charge in [-0.25, -0.2) is 0 Å². The second kappa shape index (κ2) is 10.1. The highest BCUT2D eigenvalue weighted by Gasteiger charge is 2.14. The lowest BCUT2D eigenvalue weighted by molar-refractivity contribution is -0.146. The summed E-state index contributed by atoms with van der Waals surface area (Å²) in [6, 6.07) is 21.9. The van der Waals surface area contributed by atoms with Crippen LogP contribution in [-0.2, 0) is 20.7 Å². The third kappa shape index (κ3) is 5.85. The van der Waals surface area contributed by atoms with E-state index in [-0.39, 0.29) is 6.42 Å². The molecule has 3 aromatic rings. The van der Waals surface area contributed by atoms with Crippen LogP contribution < -0.4 is 14.8 Å². The van der Waals surface area contributed by atoms with Crippen molar-refractivity contribution >= 4 is 17.6 Å². The van der Waals surface area contributed by atoms with E-state index < -0.39 is 18.5 Å². The molecule has 0 saturated heterocycles. The van der Waals surface area contributed by atoms with Crippen molar-refractivity contribution < 1.29 is 23.8 Å². The Balaban J connectivity index is 1.56. The summed E-state index contributed by atoms with van der Waals surface area (Å²) in [5.41, 5.74) is 2.21. The molecule has 0 aliphatic carbocycles. The Kier molecular flexibility index (Phi) is 7.05. The molecule has 0 aliphatic rings. The molecule has 0 unspecified atom stereocenters. The number of anilines is 1. The van der Waals surface area contributed by atoms with E-state index in [9.17, 15) is 9.59 Å². The average molecular weight is 405 g/mol. The second-order valence-electron chi connectivity index (χ2n) is 6.61. The van der Waals surface area contributed by atoms with Crippen molar-refractivity contribution in [3.8, 4) is 17.2 Å². The molecule has 1 amide bonds. The van der Waals surface area contributed by atoms with Crippen LogP contribution in [-0.4, -0.2) is 25.6 Å². The minimum Gasteiger partial charge on any atom is -0.496 e. The largest absolute Gasteiger partial charge is 0.496 e. The van der Waals surface area contributed by atoms with Gasteiger partial charge in [-0.15, -0.1) is 0 Å². The van der Waals surface area contributed by atoms with Crippen LogP contribution in [0.4, 0.5) is 5.69 Å². The van der Waals surface area contributed by atoms with Crippen molar-refractivity contribution in [2.75, 3.05) is 19.0 Å². The molecule has 6 heteroatoms. The van der Waals surface area contributed by atoms with Gasteiger partial charge in [-0.1, -0.05) is 48.0 Å². The first-order chi connectivity index (χ1) is 14.5. The Labute approximate surface area is 175 Å². The molecule has 0 aliphatic heterocycles. The number of methoxy groups -OCH3 is 1. The molecule has 3 aromatic carbocycles. The third-order valence-corrected chi connectivity index (χ3v) is 4.27. The normalized spacial score (nSPS) is 10.2. The number of benzene rings is 3. The van der Waals surface area contributed by atoms with Crippen LogP contribution in [0.3, 0.4) is 0 Å². The predicted molar refractivity (Wildman–Crippen MR) is 114 cm³/mol. The van der Waals surface area contributed by atoms with E-state index in [2.05, 4.69) is 5.32 Å². The van der Waals surface area contributed by atoms with Gasteiger partial charge in [0.1, 0.15) is 11.5 Å². The van der Waals surface area contributed by atoms with Gasteiger partial charge < -0.3 is 19.5 Å². The first-order valence-electron chi connectivity index (χ1n) is 9.46. The quantitative estimate of drug-likeness (QED) is 0.558. The Morgan fingerprint density at radius 3 is 2.40 bits per heavy atom. The van der Waals surface area contributed by atoms with E-state index >= 15 is 0 Å². The molecule has 3 rings (SSSR count). The van der Waals surface area contributed by atoms with Crippen molar-refractivity contribution in [3.63, 3.8) is 0 Å². The Morgan fingerprint density at radius 2 is 1.63 bits per heavy atom. The van der Waals surface area contributed by atoms with Gasteiger partial charge in [-0.2, -0.15) is 0 Å². The van der Waals surface area contributed by atoms with Crippen LogP contribution in [0.5, 0.6) is 17.2 Å². The van der Waals surface area contributed by atoms with E-state index in [0.717, 1.165) is 5.56 Å². The zero-order chi connectivity index (χ0) is 21.3. The molecule has 0 heterocycles. The third-order valence-electron chi connectivity index (χ3n) is 4.27. The zero-order valence-corrected chi connectivity index (χ0v) is 16.9. The molecule has 1 N–H and O–H groups in total. The topological polar surface area (TPSA) is 73.9 Å². The number of ether oxygens (including phenoxy) is 3. The molecule has 0 fully saturated rings. The zero-order valence-electron chi connectivity index (χ0n) is 16.9. The molecule has 0 atom stereocenters. The van der Waals surface area contributed by atoms with E-state index in [1.165, 1.54) is 0 Å². The van der Waals surface area contributed by atoms with Gasteiger partial charge in [0.25, 0.3) is 5.91 Å². The maximum Gasteiger partial charge on any atom is 0.310 e. The lowest BCUT2D eigenvalue weighted by Crippen LogP contribution is -2.22. The Morgan fingerprint density at radius 1 is 0.900 bits per heavy atom. The van der Waals surface area contributed by atoms with Crippen LogP contribution in [0.25, 0.3) is 0 Å². The lowest BCUT2D eigenvalue weighted by atomic mass is 10.1. The van der Waals surface area contributed by atoms with Crippen molar-refractivity contribution in [1.82, 2.24) is 0 Å². The van der Waals surface area contributed by atoms with Crippen molar-refractivity contribution in [3.05, 3.63) is 83.9 Å². The minimum atomic E-state index is -0.511. The first kappa shape index (κ1) is 20.9. The predicted octanol–water partition coefficient (Wildman–Crippen LogP) is 4.52. The maximum atomic E-state index is 12.3. The highest BCUT2D eigenvalue weighted by Crippen LogP contribution is 2.29. The van der Waals surface area contributed by atoms with Crippen LogP contribution in [0.2, 0.25) is 0 Å². The summed E-state index contributed by atoms with van der Waals surface area (Å²) in [6.07, 6.45) is 0.0197. The standard InChI is InChI=1S/C24H23NO5/c1-17-12-13-21(28-2)18(14-17)15-24(27)29-16-23(26)25-20-10-6-7-11-22(20)30-19-8-4-3-5-9-19/h3-14H,15-16H2,1-2H3,(H,25,26). The summed E-state index contributed by atoms with van der Waals surface area (Å²) < 4.78 is 16.2. The summed E-state index contributed by atoms with van der Waals surface area (Å²) in [4.78, 5) is 24.5. The maximum absolute atomic E-state index is 12.3. The molecule has 154 valence electrons. The molecule has 0 saturated carbocycles. The fourth-order valence-electron chi connectivity index (χ4n) is 2.86. The van der Waals surface area contributed by atoms with Crippen LogP contribution in [0.1, 0.15) is 11.1 Å². The summed E-state index contributed by atoms with van der Waals surface area (Å²) in [5.74, 6) is 0.783. The molecule has 6 nitrogen and oxygen atoms in total. The Bertz CT molecular complexity index is 1020. The number of amides is 1. The second-order valence-corrected chi connectivity index (χ2v) is 6.61. The number of hydrogen-bond donors (Lipinski definition) is 1. The number of nitrogens with one attached hydrogen (secondary N) is 1. The molecule has 0 bridgehead atoms. The number of para-hydroxylation sites is 3. The van der Waals surface area contributed by atoms with E-state index in [1.54, 1.807) is 31.4 Å². The van der Waals surface area contributed by atoms with E-state index in [4.69, 9.17) is 14.2 Å². The van der Waals surface area contributed by atoms with Gasteiger partial charge in [0, 0.05) is 5.56 Å². The van der Waals surface area contributed by atoms with Gasteiger partial charge in [0.15, 0.2) is 12.4 Å². The minimum absolute atomic E-state index is 0.0197. The number of esters is 1. The van der Waals surface area contributed by atoms with Gasteiger partial charge >= 0.3 is 5.97 Å². The lowest BCUT2D eigenvalue weighted by Gasteiger charge is -2.13. The highest BCUT2D eigenvalue weighted by atomic mass is 16.5. The number of rotatable bonds is 8. The van der Waals surface area contributed by atoms with E-state index in [0.29, 0.717) is 28.5 Å². The monoisotopic (exact) mass is 405 g/mol. The molecular weight excluding hydrogens is 382 g/mol. The summed E-state index contributed by atoms with van der Waals surface area (Å²) in [7, 11) is 1.54. The number of carbonyl (C=O) groups is 2. The smallest absolute Gasteiger partial charge is 0.310 e. The first-order valence-corrected chi connectivity index (χ1v) is 9.46. The van der Waals surface area contributed by atoms with E-state index in [1.807, 2.05) is 55.5 Å². The van der Waals surface area contributed by atoms with Gasteiger partial charge in [0.2, 0.25) is 0 Å². The molecule has 30 heavy (non-hydrogen) atoms. The summed E-state index contributed by atoms with van der Waals surface area (Å²) in [6.45, 7) is 1.53. The highest BCUT2D eigenvalue weighted by molar-refractivity contribution is 5.94. The number of aryl methyl sites for hydroxylation is 1. The van der Waals surface area contributed by atoms with Crippen LogP contribution >= 0.6 is 0 Å². The van der Waals surface area contributed by atoms with Gasteiger partial charge in [0.05, 0.1) is 19.2 Å². The average Bonchev–Trinajstić information content (AvgIpc) is 2.75. The van der Waals surface area contributed by atoms with Gasteiger partial charge in [-0.05, 0) is 37.3 Å². The molecule has 0 radical (unpaired) electrons. The molecule has 0 spiro atoms. The molecule has 0 aromatic heterocycles.